The molecular formula is C64H50O29. The number of esters is 3. The van der Waals surface area contributed by atoms with Gasteiger partial charge in [0.1, 0.15) is 70.4 Å². The van der Waals surface area contributed by atoms with E-state index in [1.807, 2.05) is 0 Å². The van der Waals surface area contributed by atoms with Gasteiger partial charge in [0.05, 0.1) is 28.0 Å². The van der Waals surface area contributed by atoms with E-state index in [-0.39, 0.29) is 57.1 Å². The van der Waals surface area contributed by atoms with Gasteiger partial charge < -0.3 is 120 Å². The number of carbonyl (C=O) groups is 3. The van der Waals surface area contributed by atoms with Crippen molar-refractivity contribution in [2.75, 3.05) is 0 Å². The highest BCUT2D eigenvalue weighted by atomic mass is 16.6. The summed E-state index contributed by atoms with van der Waals surface area (Å²) < 4.78 is 36.8. The molecule has 5 aliphatic rings. The van der Waals surface area contributed by atoms with Gasteiger partial charge in [-0.05, 0) is 71.5 Å². The van der Waals surface area contributed by atoms with Gasteiger partial charge in [-0.3, -0.25) is 9.59 Å². The summed E-state index contributed by atoms with van der Waals surface area (Å²) in [7, 11) is 0. The second-order valence-corrected chi connectivity index (χ2v) is 22.4. The van der Waals surface area contributed by atoms with Crippen LogP contribution in [0.4, 0.5) is 0 Å². The lowest BCUT2D eigenvalue weighted by atomic mass is 9.87. The molecule has 8 atom stereocenters. The highest BCUT2D eigenvalue weighted by molar-refractivity contribution is 6.00. The fraction of sp³-hybridized carbons (Fsp3) is 0.203. The summed E-state index contributed by atoms with van der Waals surface area (Å²) >= 11 is 0. The largest absolute Gasteiger partial charge is 0.508 e. The van der Waals surface area contributed by atoms with Crippen LogP contribution in [-0.4, -0.2) is 140 Å². The lowest BCUT2D eigenvalue weighted by molar-refractivity contribution is -0.154. The summed E-state index contributed by atoms with van der Waals surface area (Å²) in [6, 6.07) is 10.4. The van der Waals surface area contributed by atoms with E-state index in [1.54, 1.807) is 0 Å². The molecule has 0 radical (unpaired) electrons. The van der Waals surface area contributed by atoms with Crippen molar-refractivity contribution >= 4 is 39.5 Å². The number of benzene rings is 5. The highest BCUT2D eigenvalue weighted by Gasteiger charge is 2.44. The van der Waals surface area contributed by atoms with Crippen molar-refractivity contribution in [2.45, 2.75) is 80.9 Å². The maximum Gasteiger partial charge on any atom is 0.338 e. The standard InChI is InChI=1S/C64H50O29/c65-24-9-34(68)31-17-48(91-63(86)22-5-37(71)53(79)38(72)6-22)59(88-45(31)12-24)20-1-27-29(15-43(77)57(83)51(27)55(81)41(75)3-20)60-49(18-32-35(69)10-25(66)13-46(32)89-60)92-62(85)21-2-28-30(16-44(78)58(84)52(28)56(82)42(76)4-21)61-50(19-33-36(70)11-26(67)14-47(33)90-61)93-64(87)23-7-39(73)54(80)40(74)8-23/h1-7,9-13,15-16,26,40,48-50,59-61,65-74,77-80,83-84H,8,14,17-19H2,(H,75,81)(H,76,82)/t26?,40?,48-,49-,50-,59-,60-,61-/m1/s1. The number of phenolic OH excluding ortho intramolecular Hbond substituents is 11. The third-order valence-corrected chi connectivity index (χ3v) is 16.4. The molecule has 0 saturated heterocycles. The molecule has 0 saturated carbocycles. The van der Waals surface area contributed by atoms with Crippen LogP contribution in [0.5, 0.6) is 86.2 Å². The number of fused-ring (bicyclic) bond motifs is 4. The fourth-order valence-corrected chi connectivity index (χ4v) is 12.0. The average Bonchev–Trinajstić information content (AvgIpc) is 1.74. The summed E-state index contributed by atoms with van der Waals surface area (Å²) in [5, 5.41) is 192. The molecule has 29 heteroatoms. The van der Waals surface area contributed by atoms with Crippen LogP contribution in [0.2, 0.25) is 0 Å². The molecule has 0 amide bonds. The SMILES string of the molecule is O=C(O[C@@H]1CC2=C(CC(O)C=C2O)O[C@@H]1c1cc(O)c(O)c2c(=O)c(O)cc(C(=O)O[C@@H]3Cc4c(O)cc(O)cc4O[C@@H]3c3cc(O)c(O)c4c(=O)c(O)cc([C@H]5Oc6cc(O)cc(O)c6C[C@H]5OC(=O)c5cc(O)c(O)c(O)c5)cc34)cc12)C1=CC(O)=C(O)C(O)C1. The molecule has 12 rings (SSSR count). The molecule has 93 heavy (non-hydrogen) atoms. The summed E-state index contributed by atoms with van der Waals surface area (Å²) in [6.07, 6.45) is -14.2. The predicted octanol–water partition coefficient (Wildman–Crippen LogP) is 5.54. The Kier molecular flexibility index (Phi) is 14.9. The topological polar surface area (TPSA) is 505 Å². The molecule has 29 nitrogen and oxygen atoms in total. The minimum Gasteiger partial charge on any atom is -0.508 e. The van der Waals surface area contributed by atoms with Gasteiger partial charge in [-0.15, -0.1) is 0 Å². The number of rotatable bonds is 9. The lowest BCUT2D eigenvalue weighted by Gasteiger charge is -2.37. The first-order valence-electron chi connectivity index (χ1n) is 27.8. The van der Waals surface area contributed by atoms with E-state index in [9.17, 15) is 111 Å². The minimum atomic E-state index is -1.90. The zero-order chi connectivity index (χ0) is 66.7. The first kappa shape index (κ1) is 61.1. The van der Waals surface area contributed by atoms with Crippen molar-refractivity contribution in [2.24, 2.45) is 0 Å². The Hall–Kier alpha value is -12.1. The van der Waals surface area contributed by atoms with Gasteiger partial charge in [0.25, 0.3) is 0 Å². The first-order chi connectivity index (χ1) is 44.0. The molecule has 0 fully saturated rings. The number of aliphatic hydroxyl groups is 5. The lowest BCUT2D eigenvalue weighted by Crippen LogP contribution is -2.35. The minimum absolute atomic E-state index is 0.00362. The number of carbonyl (C=O) groups excluding carboxylic acids is 3. The van der Waals surface area contributed by atoms with Crippen LogP contribution in [0.25, 0.3) is 21.5 Å². The summed E-state index contributed by atoms with van der Waals surface area (Å²) in [5.74, 6) is -19.0. The molecule has 0 aromatic heterocycles. The zero-order valence-electron chi connectivity index (χ0n) is 47.3. The maximum absolute atomic E-state index is 15.1. The molecular weight excluding hydrogens is 1230 g/mol. The van der Waals surface area contributed by atoms with Crippen LogP contribution < -0.4 is 20.3 Å². The second-order valence-electron chi connectivity index (χ2n) is 22.4. The maximum atomic E-state index is 15.1. The van der Waals surface area contributed by atoms with E-state index in [0.29, 0.717) is 6.07 Å². The Morgan fingerprint density at radius 2 is 0.903 bits per heavy atom. The van der Waals surface area contributed by atoms with Crippen LogP contribution in [0.3, 0.4) is 0 Å². The molecule has 0 spiro atoms. The van der Waals surface area contributed by atoms with Crippen molar-refractivity contribution in [1.29, 1.82) is 0 Å². The molecule has 2 aliphatic carbocycles. The van der Waals surface area contributed by atoms with Crippen molar-refractivity contribution in [3.63, 3.8) is 0 Å². The smallest absolute Gasteiger partial charge is 0.338 e. The Bertz CT molecular complexity index is 4690. The monoisotopic (exact) mass is 1280 g/mol. The third-order valence-electron chi connectivity index (χ3n) is 16.4. The average molecular weight is 1280 g/mol. The van der Waals surface area contributed by atoms with Crippen molar-refractivity contribution < 1.29 is 135 Å². The van der Waals surface area contributed by atoms with E-state index in [4.69, 9.17) is 28.4 Å². The molecule has 2 unspecified atom stereocenters. The Balaban J connectivity index is 0.994. The number of phenols is 11. The normalized spacial score (nSPS) is 21.6. The Morgan fingerprint density at radius 1 is 0.441 bits per heavy atom. The zero-order valence-corrected chi connectivity index (χ0v) is 47.3. The van der Waals surface area contributed by atoms with Crippen LogP contribution in [0.15, 0.2) is 129 Å². The molecule has 480 valence electrons. The number of aromatic hydroxyl groups is 13. The highest BCUT2D eigenvalue weighted by Crippen LogP contribution is 2.51. The van der Waals surface area contributed by atoms with E-state index < -0.39 is 234 Å². The van der Waals surface area contributed by atoms with Gasteiger partial charge in [-0.25, -0.2) is 14.4 Å². The molecule has 3 aliphatic heterocycles. The molecule has 0 bridgehead atoms. The molecule has 18 N–H and O–H groups in total. The van der Waals surface area contributed by atoms with Crippen molar-refractivity contribution in [3.05, 3.63) is 179 Å². The Morgan fingerprint density at radius 3 is 1.46 bits per heavy atom. The number of aliphatic hydroxyl groups excluding tert-OH is 5. The van der Waals surface area contributed by atoms with Crippen LogP contribution in [0.1, 0.15) is 86.1 Å². The summed E-state index contributed by atoms with van der Waals surface area (Å²) in [5.41, 5.74) is -5.86. The summed E-state index contributed by atoms with van der Waals surface area (Å²) in [4.78, 5) is 71.6. The van der Waals surface area contributed by atoms with E-state index >= 15 is 4.79 Å². The molecule has 7 aromatic rings. The van der Waals surface area contributed by atoms with Crippen LogP contribution in [0, 0.1) is 0 Å². The van der Waals surface area contributed by atoms with E-state index in [1.165, 1.54) is 0 Å². The second kappa shape index (κ2) is 22.7. The summed E-state index contributed by atoms with van der Waals surface area (Å²) in [6.45, 7) is 0. The molecule has 3 heterocycles. The number of hydrogen-bond donors (Lipinski definition) is 18. The Labute approximate surface area is 518 Å². The van der Waals surface area contributed by atoms with Gasteiger partial charge >= 0.3 is 17.9 Å². The van der Waals surface area contributed by atoms with Gasteiger partial charge in [-0.1, -0.05) is 0 Å². The number of allylic oxidation sites excluding steroid dienone is 2. The number of hydrogen-bond acceptors (Lipinski definition) is 29. The first-order valence-corrected chi connectivity index (χ1v) is 27.8. The van der Waals surface area contributed by atoms with Gasteiger partial charge in [0, 0.05) is 95.3 Å². The quantitative estimate of drug-likeness (QED) is 0.0479. The molecule has 7 aromatic carbocycles. The van der Waals surface area contributed by atoms with Crippen LogP contribution in [-0.2, 0) is 36.6 Å². The van der Waals surface area contributed by atoms with Gasteiger partial charge in [-0.2, -0.15) is 0 Å². The third kappa shape index (κ3) is 10.8. The van der Waals surface area contributed by atoms with Crippen LogP contribution >= 0.6 is 0 Å². The van der Waals surface area contributed by atoms with E-state index in [2.05, 4.69) is 0 Å². The fourth-order valence-electron chi connectivity index (χ4n) is 12.0. The van der Waals surface area contributed by atoms with E-state index in [0.717, 1.165) is 78.9 Å². The van der Waals surface area contributed by atoms with Crippen molar-refractivity contribution in [3.8, 4) is 86.2 Å². The number of ether oxygens (including phenoxy) is 6. The van der Waals surface area contributed by atoms with Crippen molar-refractivity contribution in [1.82, 2.24) is 0 Å². The van der Waals surface area contributed by atoms with Gasteiger partial charge in [0.2, 0.25) is 10.9 Å². The predicted molar refractivity (Wildman–Crippen MR) is 312 cm³/mol. The van der Waals surface area contributed by atoms with Gasteiger partial charge in [0.15, 0.2) is 81.6 Å².